The second-order valence-corrected chi connectivity index (χ2v) is 9.82. The number of nitrogens with zero attached hydrogens (tertiary/aromatic N) is 1. The van der Waals surface area contributed by atoms with Gasteiger partial charge in [0.2, 0.25) is 0 Å². The molecule has 0 unspecified atom stereocenters. The van der Waals surface area contributed by atoms with Gasteiger partial charge >= 0.3 is 0 Å². The van der Waals surface area contributed by atoms with Gasteiger partial charge in [-0.1, -0.05) is 105 Å². The third-order valence-electron chi connectivity index (χ3n) is 7.57. The van der Waals surface area contributed by atoms with E-state index in [2.05, 4.69) is 134 Å². The summed E-state index contributed by atoms with van der Waals surface area (Å²) in [6, 6.07) is 42.0. The molecule has 1 heterocycles. The summed E-state index contributed by atoms with van der Waals surface area (Å²) in [7, 11) is 0. The Kier molecular flexibility index (Phi) is 3.96. The highest BCUT2D eigenvalue weighted by Gasteiger charge is 2.38. The van der Waals surface area contributed by atoms with Crippen LogP contribution in [0.3, 0.4) is 0 Å². The lowest BCUT2D eigenvalue weighted by atomic mass is 9.81. The van der Waals surface area contributed by atoms with Crippen LogP contribution in [0.5, 0.6) is 0 Å². The van der Waals surface area contributed by atoms with E-state index in [1.165, 1.54) is 60.9 Å². The minimum absolute atomic E-state index is 0.0748. The maximum atomic E-state index is 2.48. The number of hydrogen-bond acceptors (Lipinski definition) is 0. The zero-order chi connectivity index (χ0) is 22.9. The molecule has 0 radical (unpaired) electrons. The first kappa shape index (κ1) is 19.4. The van der Waals surface area contributed by atoms with Gasteiger partial charge in [0.05, 0.1) is 11.0 Å². The molecule has 162 valence electrons. The van der Waals surface area contributed by atoms with Crippen LogP contribution in [0, 0.1) is 0 Å². The fraction of sp³-hybridized carbons (Fsp3) is 0.0909. The van der Waals surface area contributed by atoms with Crippen LogP contribution in [0.25, 0.3) is 49.7 Å². The van der Waals surface area contributed by atoms with Crippen molar-refractivity contribution in [2.75, 3.05) is 0 Å². The van der Waals surface area contributed by atoms with E-state index in [1.54, 1.807) is 0 Å². The fourth-order valence-electron chi connectivity index (χ4n) is 6.02. The van der Waals surface area contributed by atoms with Crippen LogP contribution in [0.4, 0.5) is 0 Å². The number of aromatic nitrogens is 1. The standard InChI is InChI=1S/C33H25N/c1-33(2)29-16-10-9-15-25(29)26-18-19-27-28-21-23(22-11-5-3-6-12-22)17-20-30(28)34(32(27)31(26)33)24-13-7-4-8-14-24/h3-21H,1-2H3. The number of fused-ring (bicyclic) bond motifs is 7. The third-order valence-corrected chi connectivity index (χ3v) is 7.57. The average molecular weight is 436 g/mol. The van der Waals surface area contributed by atoms with Gasteiger partial charge in [0.1, 0.15) is 0 Å². The van der Waals surface area contributed by atoms with E-state index in [4.69, 9.17) is 0 Å². The van der Waals surface area contributed by atoms with Crippen molar-refractivity contribution in [3.8, 4) is 27.9 Å². The Morgan fingerprint density at radius 1 is 0.559 bits per heavy atom. The van der Waals surface area contributed by atoms with Crippen molar-refractivity contribution < 1.29 is 0 Å². The summed E-state index contributed by atoms with van der Waals surface area (Å²) in [6.45, 7) is 4.75. The highest BCUT2D eigenvalue weighted by molar-refractivity contribution is 6.14. The molecule has 0 N–H and O–H groups in total. The van der Waals surface area contributed by atoms with E-state index in [9.17, 15) is 0 Å². The average Bonchev–Trinajstić information content (AvgIpc) is 3.34. The molecule has 7 rings (SSSR count). The predicted octanol–water partition coefficient (Wildman–Crippen LogP) is 8.76. The van der Waals surface area contributed by atoms with Crippen LogP contribution >= 0.6 is 0 Å². The highest BCUT2D eigenvalue weighted by atomic mass is 15.0. The first-order chi connectivity index (χ1) is 16.6. The molecule has 34 heavy (non-hydrogen) atoms. The van der Waals surface area contributed by atoms with Crippen LogP contribution in [0.1, 0.15) is 25.0 Å². The van der Waals surface area contributed by atoms with Crippen molar-refractivity contribution in [3.05, 3.63) is 126 Å². The first-order valence-electron chi connectivity index (χ1n) is 12.0. The Balaban J connectivity index is 1.64. The van der Waals surface area contributed by atoms with Crippen molar-refractivity contribution in [1.82, 2.24) is 4.57 Å². The maximum Gasteiger partial charge on any atom is 0.0588 e. The van der Waals surface area contributed by atoms with Gasteiger partial charge in [-0.2, -0.15) is 0 Å². The maximum absolute atomic E-state index is 2.48. The summed E-state index contributed by atoms with van der Waals surface area (Å²) in [5.41, 5.74) is 11.8. The Bertz CT molecular complexity index is 1700. The van der Waals surface area contributed by atoms with E-state index >= 15 is 0 Å². The van der Waals surface area contributed by atoms with Crippen molar-refractivity contribution in [2.45, 2.75) is 19.3 Å². The topological polar surface area (TPSA) is 4.93 Å². The highest BCUT2D eigenvalue weighted by Crippen LogP contribution is 2.53. The molecule has 1 aliphatic rings. The molecule has 0 atom stereocenters. The molecule has 0 spiro atoms. The zero-order valence-corrected chi connectivity index (χ0v) is 19.4. The lowest BCUT2D eigenvalue weighted by molar-refractivity contribution is 0.664. The molecule has 0 aliphatic heterocycles. The summed E-state index contributed by atoms with van der Waals surface area (Å²) in [6.07, 6.45) is 0. The minimum atomic E-state index is -0.0748. The normalized spacial score (nSPS) is 13.8. The number of rotatable bonds is 2. The van der Waals surface area contributed by atoms with Crippen LogP contribution in [0.15, 0.2) is 115 Å². The molecular weight excluding hydrogens is 410 g/mol. The first-order valence-corrected chi connectivity index (χ1v) is 12.0. The summed E-state index contributed by atoms with van der Waals surface area (Å²) >= 11 is 0. The molecule has 1 nitrogen and oxygen atoms in total. The molecular formula is C33H25N. The lowest BCUT2D eigenvalue weighted by Crippen LogP contribution is -2.16. The number of benzene rings is 5. The minimum Gasteiger partial charge on any atom is -0.309 e. The van der Waals surface area contributed by atoms with Crippen molar-refractivity contribution in [1.29, 1.82) is 0 Å². The molecule has 0 saturated carbocycles. The van der Waals surface area contributed by atoms with Gasteiger partial charge in [0.25, 0.3) is 0 Å². The number of hydrogen-bond donors (Lipinski definition) is 0. The van der Waals surface area contributed by atoms with Gasteiger partial charge < -0.3 is 4.57 Å². The van der Waals surface area contributed by atoms with Gasteiger partial charge in [-0.15, -0.1) is 0 Å². The van der Waals surface area contributed by atoms with Crippen LogP contribution in [-0.2, 0) is 5.41 Å². The number of para-hydroxylation sites is 1. The molecule has 0 fully saturated rings. The van der Waals surface area contributed by atoms with Crippen LogP contribution in [0.2, 0.25) is 0 Å². The Morgan fingerprint density at radius 3 is 2.06 bits per heavy atom. The monoisotopic (exact) mass is 435 g/mol. The van der Waals surface area contributed by atoms with Gasteiger partial charge in [-0.3, -0.25) is 0 Å². The van der Waals surface area contributed by atoms with Crippen LogP contribution < -0.4 is 0 Å². The molecule has 0 amide bonds. The van der Waals surface area contributed by atoms with E-state index in [1.807, 2.05) is 0 Å². The Morgan fingerprint density at radius 2 is 1.26 bits per heavy atom. The van der Waals surface area contributed by atoms with Crippen molar-refractivity contribution in [2.24, 2.45) is 0 Å². The van der Waals surface area contributed by atoms with Crippen molar-refractivity contribution >= 4 is 21.8 Å². The smallest absolute Gasteiger partial charge is 0.0588 e. The second kappa shape index (κ2) is 6.95. The van der Waals surface area contributed by atoms with Gasteiger partial charge in [0, 0.05) is 21.9 Å². The largest absolute Gasteiger partial charge is 0.309 e. The molecule has 5 aromatic carbocycles. The van der Waals surface area contributed by atoms with E-state index in [-0.39, 0.29) is 5.41 Å². The zero-order valence-electron chi connectivity index (χ0n) is 19.4. The van der Waals surface area contributed by atoms with Gasteiger partial charge in [-0.05, 0) is 57.6 Å². The van der Waals surface area contributed by atoms with E-state index < -0.39 is 0 Å². The quantitative estimate of drug-likeness (QED) is 0.256. The lowest BCUT2D eigenvalue weighted by Gasteiger charge is -2.23. The molecule has 0 saturated heterocycles. The SMILES string of the molecule is CC1(C)c2ccccc2-c2ccc3c4cc(-c5ccccc5)ccc4n(-c4ccccc4)c3c21. The second-order valence-electron chi connectivity index (χ2n) is 9.82. The fourth-order valence-corrected chi connectivity index (χ4v) is 6.02. The Hall–Kier alpha value is -4.10. The third kappa shape index (κ3) is 2.55. The van der Waals surface area contributed by atoms with E-state index in [0.717, 1.165) is 0 Å². The molecule has 1 aliphatic carbocycles. The van der Waals surface area contributed by atoms with Crippen molar-refractivity contribution in [3.63, 3.8) is 0 Å². The molecule has 6 aromatic rings. The van der Waals surface area contributed by atoms with Crippen LogP contribution in [-0.4, -0.2) is 4.57 Å². The van der Waals surface area contributed by atoms with Gasteiger partial charge in [0.15, 0.2) is 0 Å². The molecule has 0 bridgehead atoms. The summed E-state index contributed by atoms with van der Waals surface area (Å²) in [5, 5.41) is 2.62. The summed E-state index contributed by atoms with van der Waals surface area (Å²) in [4.78, 5) is 0. The molecule has 1 heteroatoms. The van der Waals surface area contributed by atoms with E-state index in [0.29, 0.717) is 0 Å². The summed E-state index contributed by atoms with van der Waals surface area (Å²) in [5.74, 6) is 0. The predicted molar refractivity (Wildman–Crippen MR) is 144 cm³/mol. The summed E-state index contributed by atoms with van der Waals surface area (Å²) < 4.78 is 2.48. The molecule has 1 aromatic heterocycles. The Labute approximate surface area is 199 Å². The van der Waals surface area contributed by atoms with Gasteiger partial charge in [-0.25, -0.2) is 0 Å².